The van der Waals surface area contributed by atoms with Gasteiger partial charge in [-0.3, -0.25) is 9.59 Å². The van der Waals surface area contributed by atoms with Crippen molar-refractivity contribution in [2.24, 2.45) is 0 Å². The van der Waals surface area contributed by atoms with Crippen LogP contribution in [0, 0.1) is 0 Å². The van der Waals surface area contributed by atoms with Gasteiger partial charge in [-0.15, -0.1) is 0 Å². The number of halogens is 2. The van der Waals surface area contributed by atoms with Gasteiger partial charge in [-0.25, -0.2) is 4.79 Å². The zero-order valence-corrected chi connectivity index (χ0v) is 15.3. The number of carbonyl (C=O) groups is 3. The molecule has 2 aromatic carbocycles. The first-order chi connectivity index (χ1) is 12.3. The zero-order valence-electron chi connectivity index (χ0n) is 13.8. The maximum absolute atomic E-state index is 12.3. The molecule has 8 heteroatoms. The number of hydrogen-bond acceptors (Lipinski definition) is 3. The molecule has 136 valence electrons. The van der Waals surface area contributed by atoms with Gasteiger partial charge in [0.15, 0.2) is 0 Å². The predicted molar refractivity (Wildman–Crippen MR) is 99.8 cm³/mol. The molecule has 1 atom stereocenters. The van der Waals surface area contributed by atoms with Gasteiger partial charge in [0.1, 0.15) is 6.04 Å². The highest BCUT2D eigenvalue weighted by Crippen LogP contribution is 2.25. The molecule has 0 saturated heterocycles. The van der Waals surface area contributed by atoms with E-state index in [4.69, 9.17) is 23.2 Å². The molecule has 0 radical (unpaired) electrons. The molecule has 2 amide bonds. The number of carboxylic acids is 1. The summed E-state index contributed by atoms with van der Waals surface area (Å²) in [4.78, 5) is 34.8. The fraction of sp³-hybridized carbons (Fsp3) is 0.167. The molecule has 0 unspecified atom stereocenters. The molecule has 0 aliphatic heterocycles. The van der Waals surface area contributed by atoms with Crippen LogP contribution >= 0.6 is 23.2 Å². The highest BCUT2D eigenvalue weighted by molar-refractivity contribution is 6.36. The summed E-state index contributed by atoms with van der Waals surface area (Å²) in [6.45, 7) is 1.37. The van der Waals surface area contributed by atoms with E-state index < -0.39 is 17.9 Å². The van der Waals surface area contributed by atoms with E-state index in [0.29, 0.717) is 21.3 Å². The number of anilines is 1. The van der Waals surface area contributed by atoms with E-state index in [1.165, 1.54) is 19.1 Å². The Balaban J connectivity index is 2.13. The fourth-order valence-corrected chi connectivity index (χ4v) is 2.83. The standard InChI is InChI=1S/C18H16Cl2N2O4/c1-10(23)21-12-7-5-11(6-8-12)17(24)22-16(18(25)26)9-13-14(19)3-2-4-15(13)20/h2-8,16H,9H2,1H3,(H,21,23)(H,22,24)(H,25,26)/t16-/m0/s1. The lowest BCUT2D eigenvalue weighted by Crippen LogP contribution is -2.42. The molecule has 0 fully saturated rings. The summed E-state index contributed by atoms with van der Waals surface area (Å²) in [6, 6.07) is 9.74. The zero-order chi connectivity index (χ0) is 19.3. The molecule has 26 heavy (non-hydrogen) atoms. The average molecular weight is 395 g/mol. The van der Waals surface area contributed by atoms with E-state index in [1.54, 1.807) is 30.3 Å². The van der Waals surface area contributed by atoms with E-state index in [-0.39, 0.29) is 17.9 Å². The number of aliphatic carboxylic acids is 1. The smallest absolute Gasteiger partial charge is 0.326 e. The molecule has 0 aliphatic carbocycles. The number of carboxylic acid groups (broad SMARTS) is 1. The van der Waals surface area contributed by atoms with Gasteiger partial charge in [0, 0.05) is 34.6 Å². The van der Waals surface area contributed by atoms with Crippen molar-refractivity contribution in [3.8, 4) is 0 Å². The largest absolute Gasteiger partial charge is 0.480 e. The van der Waals surface area contributed by atoms with Crippen LogP contribution in [-0.2, 0) is 16.0 Å². The van der Waals surface area contributed by atoms with Crippen LogP contribution in [0.25, 0.3) is 0 Å². The van der Waals surface area contributed by atoms with Crippen LogP contribution in [-0.4, -0.2) is 28.9 Å². The van der Waals surface area contributed by atoms with Crippen molar-refractivity contribution < 1.29 is 19.5 Å². The van der Waals surface area contributed by atoms with E-state index in [1.807, 2.05) is 0 Å². The maximum Gasteiger partial charge on any atom is 0.326 e. The van der Waals surface area contributed by atoms with Crippen LogP contribution in [0.4, 0.5) is 5.69 Å². The second kappa shape index (κ2) is 8.69. The third kappa shape index (κ3) is 5.21. The quantitative estimate of drug-likeness (QED) is 0.699. The Morgan fingerprint density at radius 1 is 1.04 bits per heavy atom. The number of rotatable bonds is 6. The monoisotopic (exact) mass is 394 g/mol. The number of amides is 2. The summed E-state index contributed by atoms with van der Waals surface area (Å²) in [7, 11) is 0. The Morgan fingerprint density at radius 2 is 1.62 bits per heavy atom. The van der Waals surface area contributed by atoms with E-state index >= 15 is 0 Å². The van der Waals surface area contributed by atoms with Crippen molar-refractivity contribution in [3.05, 3.63) is 63.6 Å². The first-order valence-corrected chi connectivity index (χ1v) is 8.37. The van der Waals surface area contributed by atoms with Crippen molar-refractivity contribution >= 4 is 46.7 Å². The van der Waals surface area contributed by atoms with E-state index in [9.17, 15) is 19.5 Å². The maximum atomic E-state index is 12.3. The van der Waals surface area contributed by atoms with E-state index in [0.717, 1.165) is 0 Å². The van der Waals surface area contributed by atoms with Crippen molar-refractivity contribution in [3.63, 3.8) is 0 Å². The highest BCUT2D eigenvalue weighted by atomic mass is 35.5. The van der Waals surface area contributed by atoms with Crippen molar-refractivity contribution in [2.75, 3.05) is 5.32 Å². The Kier molecular flexibility index (Phi) is 6.60. The Labute approximate surface area is 160 Å². The first kappa shape index (κ1) is 19.8. The summed E-state index contributed by atoms with van der Waals surface area (Å²) in [5.74, 6) is -2.00. The van der Waals surface area contributed by atoms with Crippen LogP contribution in [0.1, 0.15) is 22.8 Å². The normalized spacial score (nSPS) is 11.5. The number of hydrogen-bond donors (Lipinski definition) is 3. The minimum atomic E-state index is -1.20. The molecule has 0 saturated carbocycles. The minimum absolute atomic E-state index is 0.0520. The Hall–Kier alpha value is -2.57. The van der Waals surface area contributed by atoms with Crippen molar-refractivity contribution in [1.29, 1.82) is 0 Å². The van der Waals surface area contributed by atoms with Gasteiger partial charge in [-0.2, -0.15) is 0 Å². The molecule has 2 rings (SSSR count). The van der Waals surface area contributed by atoms with Gasteiger partial charge in [-0.05, 0) is 42.0 Å². The molecule has 3 N–H and O–H groups in total. The third-order valence-corrected chi connectivity index (χ3v) is 4.25. The third-order valence-electron chi connectivity index (χ3n) is 3.54. The molecule has 0 heterocycles. The van der Waals surface area contributed by atoms with Crippen molar-refractivity contribution in [1.82, 2.24) is 5.32 Å². The summed E-state index contributed by atoms with van der Waals surface area (Å²) >= 11 is 12.1. The average Bonchev–Trinajstić information content (AvgIpc) is 2.57. The first-order valence-electron chi connectivity index (χ1n) is 7.62. The number of nitrogens with one attached hydrogen (secondary N) is 2. The second-order valence-electron chi connectivity index (χ2n) is 5.53. The van der Waals surface area contributed by atoms with Crippen LogP contribution in [0.5, 0.6) is 0 Å². The molecule has 0 aliphatic rings. The van der Waals surface area contributed by atoms with Crippen LogP contribution in [0.2, 0.25) is 10.0 Å². The minimum Gasteiger partial charge on any atom is -0.480 e. The van der Waals surface area contributed by atoms with Gasteiger partial charge < -0.3 is 15.7 Å². The topological polar surface area (TPSA) is 95.5 Å². The Bertz CT molecular complexity index is 817. The molecule has 0 bridgehead atoms. The van der Waals surface area contributed by atoms with Crippen molar-refractivity contribution in [2.45, 2.75) is 19.4 Å². The van der Waals surface area contributed by atoms with Gasteiger partial charge >= 0.3 is 5.97 Å². The number of benzene rings is 2. The molecular weight excluding hydrogens is 379 g/mol. The second-order valence-corrected chi connectivity index (χ2v) is 6.34. The Morgan fingerprint density at radius 3 is 2.12 bits per heavy atom. The SMILES string of the molecule is CC(=O)Nc1ccc(C(=O)N[C@@H](Cc2c(Cl)cccc2Cl)C(=O)O)cc1. The van der Waals surface area contributed by atoms with Gasteiger partial charge in [0.05, 0.1) is 0 Å². The molecule has 0 aromatic heterocycles. The van der Waals surface area contributed by atoms with Gasteiger partial charge in [0.25, 0.3) is 5.91 Å². The van der Waals surface area contributed by atoms with Crippen LogP contribution in [0.15, 0.2) is 42.5 Å². The van der Waals surface area contributed by atoms with Gasteiger partial charge in [-0.1, -0.05) is 29.3 Å². The molecule has 0 spiro atoms. The summed E-state index contributed by atoms with van der Waals surface area (Å²) < 4.78 is 0. The lowest BCUT2D eigenvalue weighted by atomic mass is 10.0. The lowest BCUT2D eigenvalue weighted by Gasteiger charge is -2.16. The van der Waals surface area contributed by atoms with Crippen LogP contribution < -0.4 is 10.6 Å². The number of carbonyl (C=O) groups excluding carboxylic acids is 2. The van der Waals surface area contributed by atoms with Crippen LogP contribution in [0.3, 0.4) is 0 Å². The fourth-order valence-electron chi connectivity index (χ4n) is 2.28. The summed E-state index contributed by atoms with van der Waals surface area (Å²) in [5, 5.41) is 15.1. The lowest BCUT2D eigenvalue weighted by molar-refractivity contribution is -0.139. The highest BCUT2D eigenvalue weighted by Gasteiger charge is 2.23. The summed E-state index contributed by atoms with van der Waals surface area (Å²) in [5.41, 5.74) is 1.24. The van der Waals surface area contributed by atoms with E-state index in [2.05, 4.69) is 10.6 Å². The molecule has 2 aromatic rings. The molecular formula is C18H16Cl2N2O4. The summed E-state index contributed by atoms with van der Waals surface area (Å²) in [6.07, 6.45) is -0.0520. The molecule has 6 nitrogen and oxygen atoms in total. The predicted octanol–water partition coefficient (Wildman–Crippen LogP) is 3.38. The van der Waals surface area contributed by atoms with Gasteiger partial charge in [0.2, 0.25) is 5.91 Å².